The maximum atomic E-state index is 11.5. The third-order valence-electron chi connectivity index (χ3n) is 2.88. The van der Waals surface area contributed by atoms with Gasteiger partial charge in [-0.1, -0.05) is 0 Å². The zero-order valence-corrected chi connectivity index (χ0v) is 10.1. The predicted molar refractivity (Wildman–Crippen MR) is 64.3 cm³/mol. The van der Waals surface area contributed by atoms with E-state index in [1.165, 1.54) is 0 Å². The molecule has 1 aliphatic rings. The highest BCUT2D eigenvalue weighted by molar-refractivity contribution is 5.68. The molecule has 0 atom stereocenters. The smallest absolute Gasteiger partial charge is 0.342 e. The number of aliphatic carboxylic acids is 1. The van der Waals surface area contributed by atoms with E-state index in [1.54, 1.807) is 4.90 Å². The van der Waals surface area contributed by atoms with Crippen LogP contribution in [0.4, 0.5) is 5.82 Å². The maximum Gasteiger partial charge on any atom is 0.342 e. The number of aromatic nitrogens is 3. The number of carboxylic acid groups (broad SMARTS) is 1. The van der Waals surface area contributed by atoms with Crippen molar-refractivity contribution < 1.29 is 14.6 Å². The van der Waals surface area contributed by atoms with Crippen LogP contribution in [0.25, 0.3) is 0 Å². The number of hydrogen-bond acceptors (Lipinski definition) is 6. The van der Waals surface area contributed by atoms with Crippen LogP contribution in [0.2, 0.25) is 0 Å². The van der Waals surface area contributed by atoms with Gasteiger partial charge < -0.3 is 14.7 Å². The normalized spacial score (nSPS) is 16.5. The summed E-state index contributed by atoms with van der Waals surface area (Å²) in [6.45, 7) is 0.723. The van der Waals surface area contributed by atoms with Crippen LogP contribution >= 0.6 is 0 Å². The largest absolute Gasteiger partial charge is 0.480 e. The SMILES string of the molecule is O=C(O)COC1CCN(c2n[nH]c(=O)[nH]c2=O)CC1. The van der Waals surface area contributed by atoms with Gasteiger partial charge in [0.2, 0.25) is 5.82 Å². The third kappa shape index (κ3) is 3.41. The number of rotatable bonds is 4. The molecule has 0 bridgehead atoms. The number of nitrogens with one attached hydrogen (secondary N) is 2. The topological polar surface area (TPSA) is 128 Å². The summed E-state index contributed by atoms with van der Waals surface area (Å²) in [6.07, 6.45) is 1.08. The molecule has 1 aliphatic heterocycles. The fourth-order valence-electron chi connectivity index (χ4n) is 1.98. The Labute approximate surface area is 107 Å². The summed E-state index contributed by atoms with van der Waals surface area (Å²) in [7, 11) is 0. The molecule has 3 N–H and O–H groups in total. The fraction of sp³-hybridized carbons (Fsp3) is 0.600. The standard InChI is InChI=1S/C10H14N4O5/c15-7(16)5-19-6-1-3-14(4-2-6)8-9(17)11-10(18)13-12-8/h6H,1-5H2,(H,15,16)(H2,11,13,17,18). The van der Waals surface area contributed by atoms with Crippen LogP contribution in [0.15, 0.2) is 9.59 Å². The first-order chi connectivity index (χ1) is 9.06. The zero-order valence-electron chi connectivity index (χ0n) is 10.1. The third-order valence-corrected chi connectivity index (χ3v) is 2.88. The summed E-state index contributed by atoms with van der Waals surface area (Å²) >= 11 is 0. The lowest BCUT2D eigenvalue weighted by Gasteiger charge is -2.31. The molecule has 1 aromatic rings. The van der Waals surface area contributed by atoms with Crippen LogP contribution in [-0.2, 0) is 9.53 Å². The van der Waals surface area contributed by atoms with Gasteiger partial charge in [0.1, 0.15) is 6.61 Å². The number of anilines is 1. The molecule has 104 valence electrons. The Balaban J connectivity index is 1.94. The van der Waals surface area contributed by atoms with E-state index in [-0.39, 0.29) is 18.5 Å². The van der Waals surface area contributed by atoms with E-state index in [4.69, 9.17) is 9.84 Å². The number of H-pyrrole nitrogens is 2. The average Bonchev–Trinajstić information content (AvgIpc) is 2.37. The highest BCUT2D eigenvalue weighted by Crippen LogP contribution is 2.16. The lowest BCUT2D eigenvalue weighted by atomic mass is 10.1. The molecule has 19 heavy (non-hydrogen) atoms. The Morgan fingerprint density at radius 3 is 2.68 bits per heavy atom. The van der Waals surface area contributed by atoms with Gasteiger partial charge in [-0.05, 0) is 12.8 Å². The second-order valence-electron chi connectivity index (χ2n) is 4.22. The van der Waals surface area contributed by atoms with E-state index < -0.39 is 17.2 Å². The molecule has 1 fully saturated rings. The Bertz CT molecular complexity index is 558. The molecule has 9 heteroatoms. The number of carbonyl (C=O) groups is 1. The minimum atomic E-state index is -0.999. The number of nitrogens with zero attached hydrogens (tertiary/aromatic N) is 2. The molecule has 0 spiro atoms. The number of hydrogen-bond donors (Lipinski definition) is 3. The number of aromatic amines is 2. The van der Waals surface area contributed by atoms with E-state index in [0.29, 0.717) is 25.9 Å². The average molecular weight is 270 g/mol. The molecule has 0 radical (unpaired) electrons. The molecule has 0 saturated carbocycles. The molecular formula is C10H14N4O5. The monoisotopic (exact) mass is 270 g/mol. The summed E-state index contributed by atoms with van der Waals surface area (Å²) < 4.78 is 5.19. The zero-order chi connectivity index (χ0) is 13.8. The van der Waals surface area contributed by atoms with Gasteiger partial charge in [0.25, 0.3) is 5.56 Å². The van der Waals surface area contributed by atoms with Crippen LogP contribution in [0.1, 0.15) is 12.8 Å². The van der Waals surface area contributed by atoms with Crippen molar-refractivity contribution in [1.82, 2.24) is 15.2 Å². The van der Waals surface area contributed by atoms with Crippen molar-refractivity contribution in [3.8, 4) is 0 Å². The molecule has 0 aliphatic carbocycles. The van der Waals surface area contributed by atoms with Crippen LogP contribution in [0, 0.1) is 0 Å². The van der Waals surface area contributed by atoms with Crippen molar-refractivity contribution >= 4 is 11.8 Å². The van der Waals surface area contributed by atoms with E-state index in [9.17, 15) is 14.4 Å². The van der Waals surface area contributed by atoms with E-state index in [0.717, 1.165) is 0 Å². The Hall–Kier alpha value is -2.16. The highest BCUT2D eigenvalue weighted by Gasteiger charge is 2.23. The van der Waals surface area contributed by atoms with Crippen LogP contribution < -0.4 is 16.1 Å². The van der Waals surface area contributed by atoms with Crippen LogP contribution in [-0.4, -0.2) is 52.1 Å². The Morgan fingerprint density at radius 2 is 2.11 bits per heavy atom. The molecule has 2 rings (SSSR count). The van der Waals surface area contributed by atoms with Gasteiger partial charge in [-0.15, -0.1) is 5.10 Å². The minimum Gasteiger partial charge on any atom is -0.480 e. The van der Waals surface area contributed by atoms with Gasteiger partial charge in [-0.25, -0.2) is 14.7 Å². The van der Waals surface area contributed by atoms with Crippen molar-refractivity contribution in [2.24, 2.45) is 0 Å². The van der Waals surface area contributed by atoms with Gasteiger partial charge >= 0.3 is 11.7 Å². The number of ether oxygens (including phenoxy) is 1. The number of carboxylic acids is 1. The molecule has 9 nitrogen and oxygen atoms in total. The van der Waals surface area contributed by atoms with Crippen molar-refractivity contribution in [3.05, 3.63) is 20.8 Å². The number of piperidine rings is 1. The van der Waals surface area contributed by atoms with Crippen molar-refractivity contribution in [3.63, 3.8) is 0 Å². The quantitative estimate of drug-likeness (QED) is 0.609. The highest BCUT2D eigenvalue weighted by atomic mass is 16.5. The summed E-state index contributed by atoms with van der Waals surface area (Å²) in [5.74, 6) is -0.836. The second kappa shape index (κ2) is 5.65. The van der Waals surface area contributed by atoms with E-state index >= 15 is 0 Å². The second-order valence-corrected chi connectivity index (χ2v) is 4.22. The lowest BCUT2D eigenvalue weighted by Crippen LogP contribution is -2.42. The first-order valence-electron chi connectivity index (χ1n) is 5.83. The van der Waals surface area contributed by atoms with Crippen LogP contribution in [0.3, 0.4) is 0 Å². The first-order valence-corrected chi connectivity index (χ1v) is 5.83. The molecule has 1 saturated heterocycles. The lowest BCUT2D eigenvalue weighted by molar-refractivity contribution is -0.144. The molecule has 0 unspecified atom stereocenters. The predicted octanol–water partition coefficient (Wildman–Crippen LogP) is -1.47. The van der Waals surface area contributed by atoms with Crippen molar-refractivity contribution in [1.29, 1.82) is 0 Å². The van der Waals surface area contributed by atoms with E-state index in [2.05, 4.69) is 15.2 Å². The summed E-state index contributed by atoms with van der Waals surface area (Å²) in [4.78, 5) is 36.6. The molecular weight excluding hydrogens is 256 g/mol. The van der Waals surface area contributed by atoms with Crippen LogP contribution in [0.5, 0.6) is 0 Å². The van der Waals surface area contributed by atoms with Crippen molar-refractivity contribution in [2.75, 3.05) is 24.6 Å². The summed E-state index contributed by atoms with van der Waals surface area (Å²) in [5, 5.41) is 14.4. The molecule has 1 aromatic heterocycles. The minimum absolute atomic E-state index is 0.130. The van der Waals surface area contributed by atoms with Crippen molar-refractivity contribution in [2.45, 2.75) is 18.9 Å². The van der Waals surface area contributed by atoms with Gasteiger partial charge in [0, 0.05) is 13.1 Å². The summed E-state index contributed by atoms with van der Waals surface area (Å²) in [5.41, 5.74) is -1.18. The van der Waals surface area contributed by atoms with Gasteiger partial charge in [-0.2, -0.15) is 0 Å². The fourth-order valence-corrected chi connectivity index (χ4v) is 1.98. The Morgan fingerprint density at radius 1 is 1.42 bits per heavy atom. The van der Waals surface area contributed by atoms with Gasteiger partial charge in [-0.3, -0.25) is 9.78 Å². The molecule has 0 aromatic carbocycles. The molecule has 0 amide bonds. The van der Waals surface area contributed by atoms with E-state index in [1.807, 2.05) is 0 Å². The Kier molecular flexibility index (Phi) is 3.95. The maximum absolute atomic E-state index is 11.5. The van der Waals surface area contributed by atoms with Gasteiger partial charge in [0.05, 0.1) is 6.10 Å². The summed E-state index contributed by atoms with van der Waals surface area (Å²) in [6, 6.07) is 0. The molecule has 2 heterocycles. The first kappa shape index (κ1) is 13.3. The van der Waals surface area contributed by atoms with Gasteiger partial charge in [0.15, 0.2) is 0 Å².